The van der Waals surface area contributed by atoms with E-state index in [2.05, 4.69) is 26.8 Å². The van der Waals surface area contributed by atoms with Gasteiger partial charge in [-0.1, -0.05) is 24.5 Å². The third kappa shape index (κ3) is 5.23. The molecule has 2 N–H and O–H groups in total. The second-order valence-corrected chi connectivity index (χ2v) is 8.41. The highest BCUT2D eigenvalue weighted by Gasteiger charge is 2.32. The zero-order valence-corrected chi connectivity index (χ0v) is 17.3. The van der Waals surface area contributed by atoms with Crippen molar-refractivity contribution in [3.63, 3.8) is 0 Å². The number of rotatable bonds is 7. The highest BCUT2D eigenvalue weighted by atomic mass is 16.5. The van der Waals surface area contributed by atoms with Gasteiger partial charge in [-0.3, -0.25) is 14.5 Å². The molecule has 3 atom stereocenters. The van der Waals surface area contributed by atoms with Crippen molar-refractivity contribution in [2.45, 2.75) is 82.1 Å². The Hall–Kier alpha value is -2.32. The minimum Gasteiger partial charge on any atom is -0.394 e. The first-order valence-corrected chi connectivity index (χ1v) is 11.1. The predicted molar refractivity (Wildman–Crippen MR) is 111 cm³/mol. The standard InChI is InChI=1S/C22H31N5O3/c28-15-21-19(24-22(29)17-7-4-11-23-13-17)9-8-18(30-21)10-12-27-14-20(25-26-27)16-5-2-1-3-6-16/h4,7,11,13-14,16,18-19,21,28H,1-3,5-6,8-10,12,15H2,(H,24,29)/t18-,19-,21-/m0/s1. The summed E-state index contributed by atoms with van der Waals surface area (Å²) in [5, 5.41) is 21.4. The van der Waals surface area contributed by atoms with Crippen LogP contribution in [0, 0.1) is 0 Å². The quantitative estimate of drug-likeness (QED) is 0.723. The van der Waals surface area contributed by atoms with Gasteiger partial charge in [0.15, 0.2) is 0 Å². The lowest BCUT2D eigenvalue weighted by atomic mass is 9.87. The van der Waals surface area contributed by atoms with Gasteiger partial charge in [0.1, 0.15) is 6.10 Å². The number of ether oxygens (including phenoxy) is 1. The Morgan fingerprint density at radius 2 is 2.10 bits per heavy atom. The molecule has 8 nitrogen and oxygen atoms in total. The lowest BCUT2D eigenvalue weighted by molar-refractivity contribution is -0.0912. The van der Waals surface area contributed by atoms with Gasteiger partial charge >= 0.3 is 0 Å². The number of hydrogen-bond donors (Lipinski definition) is 2. The number of pyridine rings is 1. The van der Waals surface area contributed by atoms with Crippen molar-refractivity contribution in [1.82, 2.24) is 25.3 Å². The molecule has 1 aliphatic heterocycles. The molecule has 1 saturated carbocycles. The molecule has 0 bridgehead atoms. The van der Waals surface area contributed by atoms with E-state index in [0.717, 1.165) is 31.5 Å². The van der Waals surface area contributed by atoms with E-state index in [1.54, 1.807) is 18.3 Å². The SMILES string of the molecule is O=C(N[C@H]1CC[C@@H](CCn2cc(C3CCCCC3)nn2)O[C@H]1CO)c1cccnc1. The van der Waals surface area contributed by atoms with E-state index >= 15 is 0 Å². The van der Waals surface area contributed by atoms with Crippen molar-refractivity contribution >= 4 is 5.91 Å². The molecule has 1 saturated heterocycles. The van der Waals surface area contributed by atoms with Crippen molar-refractivity contribution in [3.05, 3.63) is 42.0 Å². The van der Waals surface area contributed by atoms with Crippen LogP contribution in [0.3, 0.4) is 0 Å². The number of nitrogens with one attached hydrogen (secondary N) is 1. The predicted octanol–water partition coefficient (Wildman–Crippen LogP) is 2.45. The molecular weight excluding hydrogens is 382 g/mol. The van der Waals surface area contributed by atoms with Crippen LogP contribution in [0.15, 0.2) is 30.7 Å². The largest absolute Gasteiger partial charge is 0.394 e. The van der Waals surface area contributed by atoms with E-state index in [9.17, 15) is 9.90 Å². The number of aryl methyl sites for hydroxylation is 1. The van der Waals surface area contributed by atoms with Crippen LogP contribution in [0.25, 0.3) is 0 Å². The average molecular weight is 414 g/mol. The number of carbonyl (C=O) groups is 1. The zero-order chi connectivity index (χ0) is 20.8. The summed E-state index contributed by atoms with van der Waals surface area (Å²) in [5.74, 6) is 0.368. The van der Waals surface area contributed by atoms with Gasteiger partial charge in [-0.05, 0) is 44.2 Å². The van der Waals surface area contributed by atoms with E-state index in [0.29, 0.717) is 11.5 Å². The van der Waals surface area contributed by atoms with Crippen molar-refractivity contribution in [2.24, 2.45) is 0 Å². The molecule has 4 rings (SSSR count). The summed E-state index contributed by atoms with van der Waals surface area (Å²) >= 11 is 0. The van der Waals surface area contributed by atoms with Gasteiger partial charge < -0.3 is 15.2 Å². The van der Waals surface area contributed by atoms with Gasteiger partial charge in [-0.25, -0.2) is 0 Å². The molecule has 2 fully saturated rings. The number of aromatic nitrogens is 4. The molecule has 30 heavy (non-hydrogen) atoms. The number of hydrogen-bond acceptors (Lipinski definition) is 6. The van der Waals surface area contributed by atoms with Crippen LogP contribution < -0.4 is 5.32 Å². The van der Waals surface area contributed by atoms with Gasteiger partial charge in [0.25, 0.3) is 5.91 Å². The Labute approximate surface area is 177 Å². The Morgan fingerprint density at radius 3 is 2.87 bits per heavy atom. The second kappa shape index (κ2) is 10.1. The van der Waals surface area contributed by atoms with Gasteiger partial charge in [0.05, 0.1) is 30.0 Å². The molecule has 0 spiro atoms. The summed E-state index contributed by atoms with van der Waals surface area (Å²) in [7, 11) is 0. The maximum absolute atomic E-state index is 12.4. The fourth-order valence-corrected chi connectivity index (χ4v) is 4.54. The third-order valence-corrected chi connectivity index (χ3v) is 6.30. The maximum Gasteiger partial charge on any atom is 0.253 e. The summed E-state index contributed by atoms with van der Waals surface area (Å²) in [4.78, 5) is 16.4. The first kappa shape index (κ1) is 20.9. The Bertz CT molecular complexity index is 806. The maximum atomic E-state index is 12.4. The first-order chi connectivity index (χ1) is 14.7. The molecule has 2 aliphatic rings. The summed E-state index contributed by atoms with van der Waals surface area (Å²) in [6, 6.07) is 3.25. The average Bonchev–Trinajstić information content (AvgIpc) is 3.28. The van der Waals surface area contributed by atoms with Gasteiger partial charge in [0, 0.05) is 31.1 Å². The topological polar surface area (TPSA) is 102 Å². The molecule has 3 heterocycles. The molecule has 0 unspecified atom stereocenters. The minimum absolute atomic E-state index is 0.0380. The van der Waals surface area contributed by atoms with E-state index < -0.39 is 6.10 Å². The van der Waals surface area contributed by atoms with Crippen molar-refractivity contribution < 1.29 is 14.6 Å². The molecule has 2 aromatic rings. The normalized spacial score (nSPS) is 25.2. The molecular formula is C22H31N5O3. The zero-order valence-electron chi connectivity index (χ0n) is 17.3. The van der Waals surface area contributed by atoms with Crippen LogP contribution in [0.4, 0.5) is 0 Å². The van der Waals surface area contributed by atoms with Crippen molar-refractivity contribution in [3.8, 4) is 0 Å². The van der Waals surface area contributed by atoms with Crippen molar-refractivity contribution in [2.75, 3.05) is 6.61 Å². The number of amides is 1. The van der Waals surface area contributed by atoms with Crippen LogP contribution in [0.1, 0.15) is 73.3 Å². The first-order valence-electron chi connectivity index (χ1n) is 11.1. The monoisotopic (exact) mass is 413 g/mol. The van der Waals surface area contributed by atoms with Crippen LogP contribution in [0.5, 0.6) is 0 Å². The highest BCUT2D eigenvalue weighted by molar-refractivity contribution is 5.94. The molecule has 1 amide bonds. The lowest BCUT2D eigenvalue weighted by Gasteiger charge is -2.36. The molecule has 162 valence electrons. The Morgan fingerprint density at radius 1 is 1.23 bits per heavy atom. The number of aliphatic hydroxyl groups excluding tert-OH is 1. The summed E-state index contributed by atoms with van der Waals surface area (Å²) in [6.07, 6.45) is 13.6. The van der Waals surface area contributed by atoms with Crippen LogP contribution in [-0.4, -0.2) is 55.8 Å². The number of carbonyl (C=O) groups excluding carboxylic acids is 1. The second-order valence-electron chi connectivity index (χ2n) is 8.41. The van der Waals surface area contributed by atoms with Crippen LogP contribution in [-0.2, 0) is 11.3 Å². The van der Waals surface area contributed by atoms with Gasteiger partial charge in [-0.15, -0.1) is 5.10 Å². The van der Waals surface area contributed by atoms with E-state index in [-0.39, 0.29) is 24.7 Å². The van der Waals surface area contributed by atoms with Crippen LogP contribution >= 0.6 is 0 Å². The molecule has 0 aromatic carbocycles. The van der Waals surface area contributed by atoms with E-state index in [4.69, 9.17) is 4.74 Å². The van der Waals surface area contributed by atoms with E-state index in [1.807, 2.05) is 4.68 Å². The smallest absolute Gasteiger partial charge is 0.253 e. The van der Waals surface area contributed by atoms with Gasteiger partial charge in [0.2, 0.25) is 0 Å². The Balaban J connectivity index is 1.26. The van der Waals surface area contributed by atoms with Crippen LogP contribution in [0.2, 0.25) is 0 Å². The number of aliphatic hydroxyl groups is 1. The van der Waals surface area contributed by atoms with Gasteiger partial charge in [-0.2, -0.15) is 0 Å². The fourth-order valence-electron chi connectivity index (χ4n) is 4.54. The fraction of sp³-hybridized carbons (Fsp3) is 0.636. The summed E-state index contributed by atoms with van der Waals surface area (Å²) < 4.78 is 8.00. The summed E-state index contributed by atoms with van der Waals surface area (Å²) in [6.45, 7) is 0.624. The molecule has 1 aliphatic carbocycles. The number of nitrogens with zero attached hydrogens (tertiary/aromatic N) is 4. The van der Waals surface area contributed by atoms with Crippen molar-refractivity contribution in [1.29, 1.82) is 0 Å². The molecule has 8 heteroatoms. The lowest BCUT2D eigenvalue weighted by Crippen LogP contribution is -2.51. The summed E-state index contributed by atoms with van der Waals surface area (Å²) in [5.41, 5.74) is 1.63. The Kier molecular flexibility index (Phi) is 7.07. The minimum atomic E-state index is -0.405. The van der Waals surface area contributed by atoms with E-state index in [1.165, 1.54) is 38.3 Å². The third-order valence-electron chi connectivity index (χ3n) is 6.30. The molecule has 2 aromatic heterocycles. The molecule has 0 radical (unpaired) electrons. The highest BCUT2D eigenvalue weighted by Crippen LogP contribution is 2.31.